The lowest BCUT2D eigenvalue weighted by Crippen LogP contribution is -2.25. The van der Waals surface area contributed by atoms with Crippen molar-refractivity contribution < 1.29 is 27.1 Å². The molecule has 0 saturated carbocycles. The number of hydrogen-bond acceptors (Lipinski definition) is 3. The van der Waals surface area contributed by atoms with Crippen LogP contribution < -0.4 is 10.1 Å². The lowest BCUT2D eigenvalue weighted by atomic mass is 10.1. The van der Waals surface area contributed by atoms with Gasteiger partial charge in [-0.1, -0.05) is 23.7 Å². The Kier molecular flexibility index (Phi) is 7.40. The van der Waals surface area contributed by atoms with Gasteiger partial charge in [0, 0.05) is 18.7 Å². The highest BCUT2D eigenvalue weighted by molar-refractivity contribution is 6.31. The molecule has 0 radical (unpaired) electrons. The van der Waals surface area contributed by atoms with Crippen molar-refractivity contribution in [2.45, 2.75) is 32.7 Å². The molecule has 0 aliphatic carbocycles. The standard InChI is InChI=1S/C22H20ClF4N3O2/c1-14-19(23)20(22(25,26)27)29-30(14)12-2-11-28-21(31)16-5-3-15(4-6-16)13-32-18-9-7-17(24)8-10-18/h3-10H,2,11-13H2,1H3,(H,28,31). The third-order valence-corrected chi connectivity index (χ3v) is 5.12. The second-order valence-corrected chi connectivity index (χ2v) is 7.40. The molecular formula is C22H20ClF4N3O2. The third kappa shape index (κ3) is 6.00. The lowest BCUT2D eigenvalue weighted by molar-refractivity contribution is -0.141. The molecule has 0 atom stereocenters. The van der Waals surface area contributed by atoms with Crippen LogP contribution in [0.15, 0.2) is 48.5 Å². The van der Waals surface area contributed by atoms with Gasteiger partial charge in [0.2, 0.25) is 0 Å². The molecule has 0 fully saturated rings. The van der Waals surface area contributed by atoms with Crippen molar-refractivity contribution in [1.82, 2.24) is 15.1 Å². The van der Waals surface area contributed by atoms with Crippen LogP contribution in [-0.4, -0.2) is 22.2 Å². The monoisotopic (exact) mass is 469 g/mol. The number of halogens is 5. The second-order valence-electron chi connectivity index (χ2n) is 7.02. The molecule has 0 saturated heterocycles. The molecule has 0 aliphatic heterocycles. The number of amides is 1. The minimum absolute atomic E-state index is 0.182. The molecule has 0 bridgehead atoms. The van der Waals surface area contributed by atoms with Gasteiger partial charge in [-0.05, 0) is 55.3 Å². The van der Waals surface area contributed by atoms with Gasteiger partial charge < -0.3 is 10.1 Å². The fourth-order valence-electron chi connectivity index (χ4n) is 2.91. The molecule has 2 aromatic carbocycles. The van der Waals surface area contributed by atoms with Crippen molar-refractivity contribution in [3.8, 4) is 5.75 Å². The van der Waals surface area contributed by atoms with E-state index in [2.05, 4.69) is 10.4 Å². The molecule has 170 valence electrons. The Hall–Kier alpha value is -3.07. The first kappa shape index (κ1) is 23.6. The van der Waals surface area contributed by atoms with Crippen LogP contribution >= 0.6 is 11.6 Å². The molecule has 10 heteroatoms. The van der Waals surface area contributed by atoms with Crippen LogP contribution in [0, 0.1) is 12.7 Å². The Labute approximate surface area is 186 Å². The van der Waals surface area contributed by atoms with Crippen LogP contribution in [-0.2, 0) is 19.3 Å². The number of ether oxygens (including phenoxy) is 1. The first-order valence-corrected chi connectivity index (χ1v) is 10.1. The smallest absolute Gasteiger partial charge is 0.436 e. The van der Waals surface area contributed by atoms with Gasteiger partial charge in [0.05, 0.1) is 10.7 Å². The summed E-state index contributed by atoms with van der Waals surface area (Å²) in [6.45, 7) is 2.16. The molecule has 0 unspecified atom stereocenters. The lowest BCUT2D eigenvalue weighted by Gasteiger charge is -2.09. The summed E-state index contributed by atoms with van der Waals surface area (Å²) in [7, 11) is 0. The molecule has 0 aliphatic rings. The van der Waals surface area contributed by atoms with Crippen LogP contribution in [0.4, 0.5) is 17.6 Å². The number of nitrogens with one attached hydrogen (secondary N) is 1. The number of carbonyl (C=O) groups excluding carboxylic acids is 1. The zero-order chi connectivity index (χ0) is 23.3. The molecule has 1 N–H and O–H groups in total. The van der Waals surface area contributed by atoms with Crippen molar-refractivity contribution in [2.24, 2.45) is 0 Å². The Balaban J connectivity index is 1.46. The Morgan fingerprint density at radius 1 is 1.12 bits per heavy atom. The van der Waals surface area contributed by atoms with E-state index in [0.717, 1.165) is 5.56 Å². The van der Waals surface area contributed by atoms with E-state index in [1.54, 1.807) is 24.3 Å². The third-order valence-electron chi connectivity index (χ3n) is 4.67. The van der Waals surface area contributed by atoms with Crippen molar-refractivity contribution >= 4 is 17.5 Å². The van der Waals surface area contributed by atoms with Gasteiger partial charge in [0.1, 0.15) is 18.2 Å². The van der Waals surface area contributed by atoms with E-state index in [1.165, 1.54) is 35.9 Å². The molecule has 1 aromatic heterocycles. The summed E-state index contributed by atoms with van der Waals surface area (Å²) in [5.74, 6) is -0.117. The summed E-state index contributed by atoms with van der Waals surface area (Å²) in [5.41, 5.74) is 0.388. The molecule has 3 rings (SSSR count). The van der Waals surface area contributed by atoms with Crippen LogP contribution in [0.5, 0.6) is 5.75 Å². The van der Waals surface area contributed by atoms with Gasteiger partial charge in [0.15, 0.2) is 5.69 Å². The van der Waals surface area contributed by atoms with Gasteiger partial charge in [-0.3, -0.25) is 9.48 Å². The molecule has 3 aromatic rings. The molecule has 1 amide bonds. The van der Waals surface area contributed by atoms with Crippen LogP contribution in [0.1, 0.15) is 33.7 Å². The van der Waals surface area contributed by atoms with Crippen LogP contribution in [0.3, 0.4) is 0 Å². The Morgan fingerprint density at radius 2 is 1.78 bits per heavy atom. The van der Waals surface area contributed by atoms with Gasteiger partial charge in [0.25, 0.3) is 5.91 Å². The van der Waals surface area contributed by atoms with E-state index >= 15 is 0 Å². The minimum Gasteiger partial charge on any atom is -0.489 e. The van der Waals surface area contributed by atoms with Gasteiger partial charge in [-0.25, -0.2) is 4.39 Å². The minimum atomic E-state index is -4.61. The average molecular weight is 470 g/mol. The van der Waals surface area contributed by atoms with Gasteiger partial charge >= 0.3 is 6.18 Å². The largest absolute Gasteiger partial charge is 0.489 e. The first-order valence-electron chi connectivity index (χ1n) is 9.71. The van der Waals surface area contributed by atoms with E-state index in [0.29, 0.717) is 17.7 Å². The van der Waals surface area contributed by atoms with Crippen molar-refractivity contribution in [2.75, 3.05) is 6.54 Å². The predicted molar refractivity (Wildman–Crippen MR) is 111 cm³/mol. The fourth-order valence-corrected chi connectivity index (χ4v) is 3.15. The van der Waals surface area contributed by atoms with Crippen molar-refractivity contribution in [3.63, 3.8) is 0 Å². The quantitative estimate of drug-likeness (QED) is 0.355. The highest BCUT2D eigenvalue weighted by Crippen LogP contribution is 2.35. The highest BCUT2D eigenvalue weighted by Gasteiger charge is 2.38. The molecule has 1 heterocycles. The summed E-state index contributed by atoms with van der Waals surface area (Å²) < 4.78 is 58.2. The van der Waals surface area contributed by atoms with E-state index in [9.17, 15) is 22.4 Å². The zero-order valence-corrected chi connectivity index (χ0v) is 17.8. The average Bonchev–Trinajstić information content (AvgIpc) is 3.05. The van der Waals surface area contributed by atoms with Gasteiger partial charge in [-0.2, -0.15) is 18.3 Å². The number of rotatable bonds is 8. The second kappa shape index (κ2) is 10.0. The van der Waals surface area contributed by atoms with Crippen LogP contribution in [0.2, 0.25) is 5.02 Å². The first-order chi connectivity index (χ1) is 15.1. The topological polar surface area (TPSA) is 56.2 Å². The summed E-state index contributed by atoms with van der Waals surface area (Å²) in [6, 6.07) is 12.4. The maximum atomic E-state index is 12.9. The van der Waals surface area contributed by atoms with E-state index in [1.807, 2.05) is 0 Å². The summed E-state index contributed by atoms with van der Waals surface area (Å²) >= 11 is 5.72. The highest BCUT2D eigenvalue weighted by atomic mass is 35.5. The van der Waals surface area contributed by atoms with Crippen molar-refractivity contribution in [3.05, 3.63) is 81.9 Å². The van der Waals surface area contributed by atoms with E-state index < -0.39 is 16.9 Å². The van der Waals surface area contributed by atoms with E-state index in [-0.39, 0.29) is 37.1 Å². The number of aromatic nitrogens is 2. The summed E-state index contributed by atoms with van der Waals surface area (Å²) in [6.07, 6.45) is -4.23. The maximum Gasteiger partial charge on any atom is 0.436 e. The maximum absolute atomic E-state index is 12.9. The zero-order valence-electron chi connectivity index (χ0n) is 17.0. The SMILES string of the molecule is Cc1c(Cl)c(C(F)(F)F)nn1CCCNC(=O)c1ccc(COc2ccc(F)cc2)cc1. The Morgan fingerprint density at radius 3 is 2.38 bits per heavy atom. The number of benzene rings is 2. The predicted octanol–water partition coefficient (Wildman–Crippen LogP) is 5.40. The molecule has 32 heavy (non-hydrogen) atoms. The summed E-state index contributed by atoms with van der Waals surface area (Å²) in [5, 5.41) is 5.83. The van der Waals surface area contributed by atoms with Crippen LogP contribution in [0.25, 0.3) is 0 Å². The normalized spacial score (nSPS) is 11.4. The number of carbonyl (C=O) groups is 1. The fraction of sp³-hybridized carbons (Fsp3) is 0.273. The van der Waals surface area contributed by atoms with Crippen molar-refractivity contribution in [1.29, 1.82) is 0 Å². The number of hydrogen-bond donors (Lipinski definition) is 1. The molecule has 5 nitrogen and oxygen atoms in total. The summed E-state index contributed by atoms with van der Waals surface area (Å²) in [4.78, 5) is 12.3. The van der Waals surface area contributed by atoms with Gasteiger partial charge in [-0.15, -0.1) is 0 Å². The number of aryl methyl sites for hydroxylation is 1. The Bertz CT molecular complexity index is 1060. The molecular weight excluding hydrogens is 450 g/mol. The number of alkyl halides is 3. The molecule has 0 spiro atoms. The van der Waals surface area contributed by atoms with E-state index in [4.69, 9.17) is 16.3 Å². The number of nitrogens with zero attached hydrogens (tertiary/aromatic N) is 2.